The van der Waals surface area contributed by atoms with E-state index in [1.165, 1.54) is 12.2 Å². The van der Waals surface area contributed by atoms with Crippen molar-refractivity contribution in [1.29, 1.82) is 0 Å². The molecule has 0 radical (unpaired) electrons. The van der Waals surface area contributed by atoms with Crippen LogP contribution in [0.1, 0.15) is 43.5 Å². The second kappa shape index (κ2) is 9.13. The highest BCUT2D eigenvalue weighted by Gasteiger charge is 2.16. The fourth-order valence-corrected chi connectivity index (χ4v) is 2.85. The van der Waals surface area contributed by atoms with E-state index in [0.29, 0.717) is 4.99 Å². The molecule has 1 heterocycles. The molecule has 0 atom stereocenters. The summed E-state index contributed by atoms with van der Waals surface area (Å²) in [6.07, 6.45) is 6.14. The van der Waals surface area contributed by atoms with E-state index < -0.39 is 0 Å². The van der Waals surface area contributed by atoms with E-state index in [1.54, 1.807) is 0 Å². The summed E-state index contributed by atoms with van der Waals surface area (Å²) in [5.41, 5.74) is 8.88. The SMILES string of the molecule is CCc1nnc(NCCCCSC)c(C(N)=S)c1CC. The van der Waals surface area contributed by atoms with E-state index in [1.807, 2.05) is 11.8 Å². The summed E-state index contributed by atoms with van der Waals surface area (Å²) in [6, 6.07) is 0. The largest absolute Gasteiger partial charge is 0.389 e. The number of nitrogens with zero attached hydrogens (tertiary/aromatic N) is 2. The van der Waals surface area contributed by atoms with Crippen molar-refractivity contribution in [3.8, 4) is 0 Å². The van der Waals surface area contributed by atoms with Gasteiger partial charge in [0.25, 0.3) is 0 Å². The van der Waals surface area contributed by atoms with Crippen LogP contribution in [0.2, 0.25) is 0 Å². The van der Waals surface area contributed by atoms with Crippen LogP contribution in [0.25, 0.3) is 0 Å². The molecule has 0 aliphatic heterocycles. The summed E-state index contributed by atoms with van der Waals surface area (Å²) < 4.78 is 0. The van der Waals surface area contributed by atoms with E-state index >= 15 is 0 Å². The minimum atomic E-state index is 0.401. The quantitative estimate of drug-likeness (QED) is 0.540. The maximum Gasteiger partial charge on any atom is 0.159 e. The van der Waals surface area contributed by atoms with E-state index in [0.717, 1.165) is 48.4 Å². The van der Waals surface area contributed by atoms with Gasteiger partial charge in [0, 0.05) is 6.54 Å². The molecule has 0 spiro atoms. The van der Waals surface area contributed by atoms with E-state index in [-0.39, 0.29) is 0 Å². The summed E-state index contributed by atoms with van der Waals surface area (Å²) in [4.78, 5) is 0.401. The maximum atomic E-state index is 5.89. The Morgan fingerprint density at radius 3 is 2.55 bits per heavy atom. The molecule has 20 heavy (non-hydrogen) atoms. The average Bonchev–Trinajstić information content (AvgIpc) is 2.45. The maximum absolute atomic E-state index is 5.89. The molecule has 0 bridgehead atoms. The third kappa shape index (κ3) is 4.59. The number of thiocarbonyl (C=S) groups is 1. The lowest BCUT2D eigenvalue weighted by Gasteiger charge is -2.15. The van der Waals surface area contributed by atoms with Gasteiger partial charge in [-0.25, -0.2) is 0 Å². The van der Waals surface area contributed by atoms with Crippen LogP contribution in [-0.4, -0.2) is 33.7 Å². The third-order valence-electron chi connectivity index (χ3n) is 3.16. The van der Waals surface area contributed by atoms with Gasteiger partial charge in [0.05, 0.1) is 11.3 Å². The molecule has 0 saturated heterocycles. The minimum Gasteiger partial charge on any atom is -0.389 e. The topological polar surface area (TPSA) is 63.8 Å². The van der Waals surface area contributed by atoms with Gasteiger partial charge in [-0.1, -0.05) is 26.1 Å². The van der Waals surface area contributed by atoms with Gasteiger partial charge in [-0.05, 0) is 43.3 Å². The molecular weight excluding hydrogens is 288 g/mol. The summed E-state index contributed by atoms with van der Waals surface area (Å²) in [5.74, 6) is 1.92. The highest BCUT2D eigenvalue weighted by atomic mass is 32.2. The highest BCUT2D eigenvalue weighted by molar-refractivity contribution is 7.98. The molecule has 0 aliphatic carbocycles. The normalized spacial score (nSPS) is 10.6. The van der Waals surface area contributed by atoms with Gasteiger partial charge in [-0.15, -0.1) is 5.10 Å². The Labute approximate surface area is 131 Å². The van der Waals surface area contributed by atoms with E-state index in [9.17, 15) is 0 Å². The first-order valence-corrected chi connectivity index (χ1v) is 8.86. The van der Waals surface area contributed by atoms with Crippen molar-refractivity contribution in [3.05, 3.63) is 16.8 Å². The molecule has 0 amide bonds. The molecule has 1 aromatic rings. The number of hydrogen-bond acceptors (Lipinski definition) is 5. The summed E-state index contributed by atoms with van der Waals surface area (Å²) in [7, 11) is 0. The Hall–Kier alpha value is -0.880. The van der Waals surface area contributed by atoms with Crippen LogP contribution in [-0.2, 0) is 12.8 Å². The first-order chi connectivity index (χ1) is 9.65. The lowest BCUT2D eigenvalue weighted by molar-refractivity contribution is 0.823. The first-order valence-electron chi connectivity index (χ1n) is 7.06. The molecule has 4 nitrogen and oxygen atoms in total. The van der Waals surface area contributed by atoms with Crippen LogP contribution in [0, 0.1) is 0 Å². The molecule has 1 rings (SSSR count). The zero-order valence-electron chi connectivity index (χ0n) is 12.5. The number of aromatic nitrogens is 2. The van der Waals surface area contributed by atoms with Crippen LogP contribution in [0.4, 0.5) is 5.82 Å². The molecule has 0 fully saturated rings. The number of nitrogens with two attached hydrogens (primary N) is 1. The Balaban J connectivity index is 2.87. The van der Waals surface area contributed by atoms with Crippen molar-refractivity contribution < 1.29 is 0 Å². The number of hydrogen-bond donors (Lipinski definition) is 2. The Kier molecular flexibility index (Phi) is 7.84. The molecule has 0 saturated carbocycles. The van der Waals surface area contributed by atoms with Crippen LogP contribution in [0.3, 0.4) is 0 Å². The van der Waals surface area contributed by atoms with Crippen molar-refractivity contribution in [2.45, 2.75) is 39.5 Å². The molecular formula is C14H24N4S2. The molecule has 1 aromatic heterocycles. The van der Waals surface area contributed by atoms with Gasteiger partial charge in [0.2, 0.25) is 0 Å². The third-order valence-corrected chi connectivity index (χ3v) is 4.06. The lowest BCUT2D eigenvalue weighted by atomic mass is 10.0. The predicted octanol–water partition coefficient (Wildman–Crippen LogP) is 2.79. The highest BCUT2D eigenvalue weighted by Crippen LogP contribution is 2.21. The van der Waals surface area contributed by atoms with Crippen LogP contribution in [0.15, 0.2) is 0 Å². The van der Waals surface area contributed by atoms with Gasteiger partial charge in [0.1, 0.15) is 4.99 Å². The number of aryl methyl sites for hydroxylation is 1. The molecule has 0 unspecified atom stereocenters. The van der Waals surface area contributed by atoms with Gasteiger partial charge in [-0.3, -0.25) is 0 Å². The van der Waals surface area contributed by atoms with Crippen molar-refractivity contribution in [2.75, 3.05) is 23.9 Å². The smallest absolute Gasteiger partial charge is 0.159 e. The van der Waals surface area contributed by atoms with Crippen molar-refractivity contribution in [1.82, 2.24) is 10.2 Å². The predicted molar refractivity (Wildman–Crippen MR) is 92.8 cm³/mol. The number of nitrogens with one attached hydrogen (secondary N) is 1. The number of thioether (sulfide) groups is 1. The van der Waals surface area contributed by atoms with Crippen molar-refractivity contribution in [3.63, 3.8) is 0 Å². The van der Waals surface area contributed by atoms with Crippen LogP contribution >= 0.6 is 24.0 Å². The van der Waals surface area contributed by atoms with Crippen molar-refractivity contribution in [2.24, 2.45) is 5.73 Å². The molecule has 112 valence electrons. The van der Waals surface area contributed by atoms with E-state index in [2.05, 4.69) is 35.6 Å². The number of rotatable bonds is 9. The molecule has 3 N–H and O–H groups in total. The number of anilines is 1. The Bertz CT molecular complexity index is 449. The number of unbranched alkanes of at least 4 members (excludes halogenated alkanes) is 1. The summed E-state index contributed by atoms with van der Waals surface area (Å²) >= 11 is 7.07. The molecule has 0 aromatic carbocycles. The average molecular weight is 313 g/mol. The summed E-state index contributed by atoms with van der Waals surface area (Å²) in [5, 5.41) is 11.9. The van der Waals surface area contributed by atoms with Gasteiger partial charge in [0.15, 0.2) is 5.82 Å². The standard InChI is InChI=1S/C14H24N4S2/c1-4-10-11(5-2)17-18-14(12(10)13(15)19)16-8-6-7-9-20-3/h4-9H2,1-3H3,(H2,15,19)(H,16,18). The molecule has 6 heteroatoms. The van der Waals surface area contributed by atoms with Gasteiger partial charge in [-0.2, -0.15) is 16.9 Å². The lowest BCUT2D eigenvalue weighted by Crippen LogP contribution is -2.20. The van der Waals surface area contributed by atoms with Crippen LogP contribution in [0.5, 0.6) is 0 Å². The molecule has 0 aliphatic rings. The zero-order chi connectivity index (χ0) is 15.0. The minimum absolute atomic E-state index is 0.401. The first kappa shape index (κ1) is 17.2. The fourth-order valence-electron chi connectivity index (χ4n) is 2.14. The monoisotopic (exact) mass is 312 g/mol. The fraction of sp³-hybridized carbons (Fsp3) is 0.643. The second-order valence-corrected chi connectivity index (χ2v) is 5.97. The Morgan fingerprint density at radius 1 is 1.25 bits per heavy atom. The van der Waals surface area contributed by atoms with Crippen molar-refractivity contribution >= 4 is 34.8 Å². The van der Waals surface area contributed by atoms with Crippen LogP contribution < -0.4 is 11.1 Å². The Morgan fingerprint density at radius 2 is 2.00 bits per heavy atom. The second-order valence-electron chi connectivity index (χ2n) is 4.55. The van der Waals surface area contributed by atoms with Gasteiger partial charge >= 0.3 is 0 Å². The summed E-state index contributed by atoms with van der Waals surface area (Å²) in [6.45, 7) is 5.04. The van der Waals surface area contributed by atoms with Gasteiger partial charge < -0.3 is 11.1 Å². The van der Waals surface area contributed by atoms with E-state index in [4.69, 9.17) is 18.0 Å². The zero-order valence-corrected chi connectivity index (χ0v) is 14.2.